The van der Waals surface area contributed by atoms with Gasteiger partial charge in [-0.25, -0.2) is 4.39 Å². The second kappa shape index (κ2) is 4.66. The van der Waals surface area contributed by atoms with Crippen LogP contribution in [0.3, 0.4) is 0 Å². The summed E-state index contributed by atoms with van der Waals surface area (Å²) in [5, 5.41) is 10.0. The second-order valence-electron chi connectivity index (χ2n) is 4.78. The predicted molar refractivity (Wildman–Crippen MR) is 67.6 cm³/mol. The van der Waals surface area contributed by atoms with E-state index in [0.717, 1.165) is 5.39 Å². The lowest BCUT2D eigenvalue weighted by Crippen LogP contribution is -2.37. The van der Waals surface area contributed by atoms with Crippen LogP contribution in [0.25, 0.3) is 11.0 Å². The normalized spacial score (nSPS) is 23.2. The van der Waals surface area contributed by atoms with Crippen LogP contribution in [0.4, 0.5) is 4.39 Å². The van der Waals surface area contributed by atoms with Crippen LogP contribution in [-0.2, 0) is 0 Å². The van der Waals surface area contributed by atoms with Crippen molar-refractivity contribution in [2.24, 2.45) is 0 Å². The Hall–Kier alpha value is -1.88. The fourth-order valence-corrected chi connectivity index (χ4v) is 2.51. The topological polar surface area (TPSA) is 53.7 Å². The number of para-hydroxylation sites is 1. The van der Waals surface area contributed by atoms with E-state index < -0.39 is 12.2 Å². The summed E-state index contributed by atoms with van der Waals surface area (Å²) >= 11 is 0. The average molecular weight is 263 g/mol. The summed E-state index contributed by atoms with van der Waals surface area (Å²) in [7, 11) is 0. The van der Waals surface area contributed by atoms with Crippen molar-refractivity contribution in [2.45, 2.75) is 18.6 Å². The van der Waals surface area contributed by atoms with Gasteiger partial charge in [-0.3, -0.25) is 4.79 Å². The first-order chi connectivity index (χ1) is 9.19. The number of nitrogens with zero attached hydrogens (tertiary/aromatic N) is 1. The molecule has 100 valence electrons. The molecule has 1 aromatic heterocycles. The molecule has 1 amide bonds. The largest absolute Gasteiger partial charge is 0.451 e. The molecule has 1 saturated heterocycles. The average Bonchev–Trinajstić information content (AvgIpc) is 3.00. The van der Waals surface area contributed by atoms with Gasteiger partial charge in [0.1, 0.15) is 11.8 Å². The Labute approximate surface area is 109 Å². The molecule has 0 aliphatic carbocycles. The Kier molecular flexibility index (Phi) is 2.98. The minimum atomic E-state index is -1.08. The van der Waals surface area contributed by atoms with Gasteiger partial charge in [0.2, 0.25) is 0 Å². The molecule has 0 unspecified atom stereocenters. The van der Waals surface area contributed by atoms with Crippen LogP contribution >= 0.6 is 0 Å². The lowest BCUT2D eigenvalue weighted by atomic mass is 10.2. The molecular formula is C14H14FNO3. The van der Waals surface area contributed by atoms with Crippen molar-refractivity contribution >= 4 is 16.9 Å². The number of likely N-dealkylation sites (tertiary alicyclic amines) is 1. The fraction of sp³-hybridized carbons (Fsp3) is 0.357. The summed E-state index contributed by atoms with van der Waals surface area (Å²) in [5.74, 6) is -0.177. The zero-order valence-corrected chi connectivity index (χ0v) is 10.3. The first-order valence-corrected chi connectivity index (χ1v) is 6.23. The van der Waals surface area contributed by atoms with Gasteiger partial charge in [0.15, 0.2) is 5.76 Å². The van der Waals surface area contributed by atoms with Gasteiger partial charge in [0, 0.05) is 11.8 Å². The number of hydrogen-bond acceptors (Lipinski definition) is 3. The third-order valence-corrected chi connectivity index (χ3v) is 3.47. The number of amides is 1. The van der Waals surface area contributed by atoms with Crippen LogP contribution in [-0.4, -0.2) is 41.3 Å². The Bertz CT molecular complexity index is 577. The molecule has 2 aromatic rings. The number of benzene rings is 1. The van der Waals surface area contributed by atoms with E-state index >= 15 is 0 Å². The highest BCUT2D eigenvalue weighted by atomic mass is 19.1. The highest BCUT2D eigenvalue weighted by Crippen LogP contribution is 2.25. The molecule has 0 spiro atoms. The van der Waals surface area contributed by atoms with Crippen LogP contribution in [0.2, 0.25) is 0 Å². The number of halogens is 1. The van der Waals surface area contributed by atoms with Gasteiger partial charge < -0.3 is 14.4 Å². The molecule has 1 aliphatic rings. The monoisotopic (exact) mass is 263 g/mol. The maximum Gasteiger partial charge on any atom is 0.290 e. The molecule has 5 heteroatoms. The summed E-state index contributed by atoms with van der Waals surface area (Å²) < 4.78 is 18.8. The first kappa shape index (κ1) is 12.2. The maximum absolute atomic E-state index is 13.4. The second-order valence-corrected chi connectivity index (χ2v) is 4.78. The number of carbonyl (C=O) groups is 1. The third kappa shape index (κ3) is 2.10. The first-order valence-electron chi connectivity index (χ1n) is 6.23. The van der Waals surface area contributed by atoms with Crippen molar-refractivity contribution in [1.82, 2.24) is 4.90 Å². The van der Waals surface area contributed by atoms with Gasteiger partial charge in [-0.15, -0.1) is 0 Å². The van der Waals surface area contributed by atoms with Crippen LogP contribution in [0.5, 0.6) is 0 Å². The van der Waals surface area contributed by atoms with Crippen molar-refractivity contribution in [3.8, 4) is 0 Å². The van der Waals surface area contributed by atoms with Crippen molar-refractivity contribution in [2.75, 3.05) is 13.2 Å². The van der Waals surface area contributed by atoms with Gasteiger partial charge in [0.05, 0.1) is 19.2 Å². The number of aliphatic hydroxyl groups excluding tert-OH is 1. The molecule has 1 aromatic carbocycles. The fourth-order valence-electron chi connectivity index (χ4n) is 2.51. The van der Waals surface area contributed by atoms with Gasteiger partial charge in [0.25, 0.3) is 5.91 Å². The van der Waals surface area contributed by atoms with Crippen molar-refractivity contribution in [3.05, 3.63) is 36.1 Å². The number of fused-ring (bicyclic) bond motifs is 1. The Balaban J connectivity index is 1.90. The van der Waals surface area contributed by atoms with Crippen molar-refractivity contribution < 1.29 is 18.7 Å². The summed E-state index contributed by atoms with van der Waals surface area (Å²) in [5.41, 5.74) is 0.627. The minimum absolute atomic E-state index is 0.0150. The zero-order chi connectivity index (χ0) is 13.4. The summed E-state index contributed by atoms with van der Waals surface area (Å²) in [4.78, 5) is 13.6. The van der Waals surface area contributed by atoms with Crippen LogP contribution < -0.4 is 0 Å². The molecule has 3 rings (SSSR count). The number of rotatable bonds is 2. The lowest BCUT2D eigenvalue weighted by molar-refractivity contribution is 0.0643. The number of hydrogen-bond donors (Lipinski definition) is 1. The molecule has 19 heavy (non-hydrogen) atoms. The van der Waals surface area contributed by atoms with E-state index in [9.17, 15) is 14.3 Å². The highest BCUT2D eigenvalue weighted by Gasteiger charge is 2.36. The zero-order valence-electron chi connectivity index (χ0n) is 10.3. The summed E-state index contributed by atoms with van der Waals surface area (Å²) in [6.07, 6.45) is -0.895. The minimum Gasteiger partial charge on any atom is -0.451 e. The van der Waals surface area contributed by atoms with E-state index in [0.29, 0.717) is 5.58 Å². The van der Waals surface area contributed by atoms with E-state index in [1.165, 1.54) is 4.90 Å². The van der Waals surface area contributed by atoms with Crippen molar-refractivity contribution in [1.29, 1.82) is 0 Å². The number of aliphatic hydroxyl groups is 1. The van der Waals surface area contributed by atoms with E-state index in [4.69, 9.17) is 4.42 Å². The van der Waals surface area contributed by atoms with E-state index in [1.807, 2.05) is 18.2 Å². The van der Waals surface area contributed by atoms with E-state index in [-0.39, 0.29) is 31.2 Å². The smallest absolute Gasteiger partial charge is 0.290 e. The summed E-state index contributed by atoms with van der Waals surface area (Å²) in [6.45, 7) is -0.215. The standard InChI is InChI=1S/C14H14FNO3/c15-10-6-11(8-17)16(7-10)14(18)13-5-9-3-1-2-4-12(9)19-13/h1-5,10-11,17H,6-8H2/t10-,11-/m0/s1. The van der Waals surface area contributed by atoms with Gasteiger partial charge in [-0.05, 0) is 12.1 Å². The highest BCUT2D eigenvalue weighted by molar-refractivity contribution is 5.96. The quantitative estimate of drug-likeness (QED) is 0.901. The lowest BCUT2D eigenvalue weighted by Gasteiger charge is -2.21. The SMILES string of the molecule is O=C(c1cc2ccccc2o1)N1C[C@@H](F)C[C@H]1CO. The number of alkyl halides is 1. The van der Waals surface area contributed by atoms with Crippen molar-refractivity contribution in [3.63, 3.8) is 0 Å². The molecular weight excluding hydrogens is 249 g/mol. The molecule has 1 N–H and O–H groups in total. The van der Waals surface area contributed by atoms with Gasteiger partial charge in [-0.2, -0.15) is 0 Å². The molecule has 2 heterocycles. The van der Waals surface area contributed by atoms with E-state index in [2.05, 4.69) is 0 Å². The Morgan fingerprint density at radius 2 is 2.26 bits per heavy atom. The molecule has 0 bridgehead atoms. The maximum atomic E-state index is 13.4. The molecule has 0 saturated carbocycles. The molecule has 2 atom stereocenters. The third-order valence-electron chi connectivity index (χ3n) is 3.47. The van der Waals surface area contributed by atoms with Crippen LogP contribution in [0.15, 0.2) is 34.7 Å². The van der Waals surface area contributed by atoms with Gasteiger partial charge >= 0.3 is 0 Å². The van der Waals surface area contributed by atoms with Gasteiger partial charge in [-0.1, -0.05) is 18.2 Å². The predicted octanol–water partition coefficient (Wildman–Crippen LogP) is 1.98. The van der Waals surface area contributed by atoms with E-state index in [1.54, 1.807) is 12.1 Å². The molecule has 0 radical (unpaired) electrons. The number of furan rings is 1. The molecule has 4 nitrogen and oxygen atoms in total. The van der Waals surface area contributed by atoms with Crippen LogP contribution in [0, 0.1) is 0 Å². The number of carbonyl (C=O) groups excluding carboxylic acids is 1. The molecule has 1 aliphatic heterocycles. The van der Waals surface area contributed by atoms with Crippen LogP contribution in [0.1, 0.15) is 17.0 Å². The molecule has 1 fully saturated rings. The Morgan fingerprint density at radius 3 is 3.00 bits per heavy atom. The Morgan fingerprint density at radius 1 is 1.47 bits per heavy atom. The summed E-state index contributed by atoms with van der Waals surface area (Å²) in [6, 6.07) is 8.49.